The van der Waals surface area contributed by atoms with E-state index in [2.05, 4.69) is 37.2 Å². The molecular formula is C14H13Br2NO4S. The van der Waals surface area contributed by atoms with E-state index >= 15 is 0 Å². The fraction of sp³-hybridized carbons (Fsp3) is 0.429. The lowest BCUT2D eigenvalue weighted by Gasteiger charge is -2.22. The second kappa shape index (κ2) is 6.72. The molecule has 0 aliphatic heterocycles. The van der Waals surface area contributed by atoms with Crippen LogP contribution in [0.25, 0.3) is 10.3 Å². The highest BCUT2D eigenvalue weighted by Gasteiger charge is 2.21. The first kappa shape index (κ1) is 16.0. The van der Waals surface area contributed by atoms with Crippen molar-refractivity contribution in [2.45, 2.75) is 38.1 Å². The summed E-state index contributed by atoms with van der Waals surface area (Å²) in [6.45, 7) is 0. The first-order chi connectivity index (χ1) is 10.5. The molecule has 1 saturated carbocycles. The smallest absolute Gasteiger partial charge is 0.412 e. The quantitative estimate of drug-likeness (QED) is 0.713. The number of halogens is 2. The van der Waals surface area contributed by atoms with Crippen LogP contribution in [-0.2, 0) is 0 Å². The van der Waals surface area contributed by atoms with E-state index in [4.69, 9.17) is 9.15 Å². The van der Waals surface area contributed by atoms with E-state index in [1.165, 1.54) is 6.42 Å². The number of ether oxygens (including phenoxy) is 1. The molecule has 22 heavy (non-hydrogen) atoms. The van der Waals surface area contributed by atoms with Crippen LogP contribution >= 0.6 is 43.2 Å². The van der Waals surface area contributed by atoms with Gasteiger partial charge in [-0.2, -0.15) is 0 Å². The fourth-order valence-corrected chi connectivity index (χ4v) is 4.72. The van der Waals surface area contributed by atoms with E-state index in [1.54, 1.807) is 6.07 Å². The van der Waals surface area contributed by atoms with Gasteiger partial charge in [-0.1, -0.05) is 30.6 Å². The summed E-state index contributed by atoms with van der Waals surface area (Å²) in [5.74, 6) is 0.345. The predicted molar refractivity (Wildman–Crippen MR) is 91.8 cm³/mol. The van der Waals surface area contributed by atoms with Gasteiger partial charge in [-0.15, -0.1) is 0 Å². The van der Waals surface area contributed by atoms with E-state index in [-0.39, 0.29) is 6.04 Å². The molecule has 1 aromatic heterocycles. The number of benzene rings is 1. The third kappa shape index (κ3) is 3.38. The largest absolute Gasteiger partial charge is 0.414 e. The van der Waals surface area contributed by atoms with Crippen molar-refractivity contribution < 1.29 is 13.9 Å². The molecule has 5 nitrogen and oxygen atoms in total. The topological polar surface area (TPSA) is 68.5 Å². The van der Waals surface area contributed by atoms with Crippen molar-refractivity contribution >= 4 is 59.6 Å². The van der Waals surface area contributed by atoms with Crippen LogP contribution in [0, 0.1) is 0 Å². The van der Waals surface area contributed by atoms with Gasteiger partial charge in [-0.05, 0) is 44.7 Å². The van der Waals surface area contributed by atoms with Crippen molar-refractivity contribution in [1.82, 2.24) is 5.32 Å². The summed E-state index contributed by atoms with van der Waals surface area (Å²) >= 11 is 7.68. The van der Waals surface area contributed by atoms with Crippen molar-refractivity contribution in [1.29, 1.82) is 0 Å². The Morgan fingerprint density at radius 3 is 2.77 bits per heavy atom. The van der Waals surface area contributed by atoms with Gasteiger partial charge < -0.3 is 14.5 Å². The Kier molecular flexibility index (Phi) is 4.89. The SMILES string of the molecule is O=C(NC1CCCCC1)Oc1c(Br)cc2oc(=O)sc2c1Br. The third-order valence-electron chi connectivity index (χ3n) is 3.60. The lowest BCUT2D eigenvalue weighted by atomic mass is 9.96. The predicted octanol–water partition coefficient (Wildman–Crippen LogP) is 4.80. The van der Waals surface area contributed by atoms with Gasteiger partial charge in [0.15, 0.2) is 11.3 Å². The van der Waals surface area contributed by atoms with Crippen molar-refractivity contribution in [3.05, 3.63) is 24.7 Å². The van der Waals surface area contributed by atoms with Gasteiger partial charge in [0.25, 0.3) is 0 Å². The van der Waals surface area contributed by atoms with E-state index in [1.807, 2.05) is 0 Å². The van der Waals surface area contributed by atoms with Crippen LogP contribution in [0.5, 0.6) is 5.75 Å². The highest BCUT2D eigenvalue weighted by Crippen LogP contribution is 2.41. The number of fused-ring (bicyclic) bond motifs is 1. The summed E-state index contributed by atoms with van der Waals surface area (Å²) in [4.78, 5) is 23.0. The van der Waals surface area contributed by atoms with Gasteiger partial charge in [0, 0.05) is 12.1 Å². The van der Waals surface area contributed by atoms with Gasteiger partial charge in [-0.3, -0.25) is 0 Å². The van der Waals surface area contributed by atoms with Crippen LogP contribution < -0.4 is 15.0 Å². The molecule has 0 spiro atoms. The summed E-state index contributed by atoms with van der Waals surface area (Å²) < 4.78 is 12.2. The minimum atomic E-state index is -0.483. The van der Waals surface area contributed by atoms with Crippen molar-refractivity contribution in [2.24, 2.45) is 0 Å². The van der Waals surface area contributed by atoms with Gasteiger partial charge in [0.2, 0.25) is 0 Å². The van der Waals surface area contributed by atoms with Gasteiger partial charge >= 0.3 is 11.0 Å². The Morgan fingerprint density at radius 1 is 1.32 bits per heavy atom. The number of rotatable bonds is 2. The van der Waals surface area contributed by atoms with Crippen molar-refractivity contribution in [2.75, 3.05) is 0 Å². The summed E-state index contributed by atoms with van der Waals surface area (Å²) in [5, 5.41) is 2.89. The lowest BCUT2D eigenvalue weighted by Crippen LogP contribution is -2.38. The molecule has 0 radical (unpaired) electrons. The molecule has 2 aromatic rings. The molecule has 3 rings (SSSR count). The molecule has 1 fully saturated rings. The maximum Gasteiger partial charge on any atom is 0.412 e. The number of carbonyl (C=O) groups excluding carboxylic acids is 1. The Balaban J connectivity index is 1.80. The molecule has 1 aromatic carbocycles. The summed E-state index contributed by atoms with van der Waals surface area (Å²) in [6, 6.07) is 1.80. The monoisotopic (exact) mass is 449 g/mol. The molecule has 118 valence electrons. The molecule has 0 unspecified atom stereocenters. The average molecular weight is 451 g/mol. The van der Waals surface area contributed by atoms with Crippen LogP contribution in [0.15, 0.2) is 24.2 Å². The van der Waals surface area contributed by atoms with E-state index < -0.39 is 11.0 Å². The highest BCUT2D eigenvalue weighted by molar-refractivity contribution is 9.11. The number of hydrogen-bond acceptors (Lipinski definition) is 5. The maximum atomic E-state index is 12.1. The Bertz CT molecular complexity index is 764. The van der Waals surface area contributed by atoms with Gasteiger partial charge in [0.05, 0.1) is 13.6 Å². The van der Waals surface area contributed by atoms with E-state index in [0.29, 0.717) is 25.0 Å². The molecule has 0 atom stereocenters. The van der Waals surface area contributed by atoms with Crippen LogP contribution in [-0.4, -0.2) is 12.1 Å². The van der Waals surface area contributed by atoms with Crippen molar-refractivity contribution in [3.8, 4) is 5.75 Å². The zero-order valence-electron chi connectivity index (χ0n) is 11.5. The standard InChI is InChI=1S/C14H13Br2NO4S/c15-8-6-9-12(22-14(19)20-9)10(16)11(8)21-13(18)17-7-4-2-1-3-5-7/h6-7H,1-5H2,(H,17,18). The number of hydrogen-bond donors (Lipinski definition) is 1. The van der Waals surface area contributed by atoms with Crippen molar-refractivity contribution in [3.63, 3.8) is 0 Å². The first-order valence-corrected chi connectivity index (χ1v) is 9.35. The second-order valence-corrected chi connectivity index (χ2v) is 7.74. The molecule has 1 aliphatic carbocycles. The Hall–Kier alpha value is -0.860. The zero-order chi connectivity index (χ0) is 15.7. The minimum absolute atomic E-state index is 0.174. The number of nitrogens with one attached hydrogen (secondary N) is 1. The van der Waals surface area contributed by atoms with Gasteiger partial charge in [0.1, 0.15) is 0 Å². The molecule has 1 heterocycles. The highest BCUT2D eigenvalue weighted by atomic mass is 79.9. The summed E-state index contributed by atoms with van der Waals surface area (Å²) in [6.07, 6.45) is 4.98. The van der Waals surface area contributed by atoms with Crippen LogP contribution in [0.3, 0.4) is 0 Å². The molecule has 8 heteroatoms. The lowest BCUT2D eigenvalue weighted by molar-refractivity contribution is 0.191. The van der Waals surface area contributed by atoms with Gasteiger partial charge in [-0.25, -0.2) is 9.59 Å². The maximum absolute atomic E-state index is 12.1. The normalized spacial score (nSPS) is 15.9. The second-order valence-electron chi connectivity index (χ2n) is 5.15. The number of carbonyl (C=O) groups is 1. The van der Waals surface area contributed by atoms with Crippen LogP contribution in [0.4, 0.5) is 4.79 Å². The Morgan fingerprint density at radius 2 is 2.05 bits per heavy atom. The Labute approximate surface area is 147 Å². The average Bonchev–Trinajstić information content (AvgIpc) is 2.85. The minimum Gasteiger partial charge on any atom is -0.414 e. The molecular weight excluding hydrogens is 438 g/mol. The summed E-state index contributed by atoms with van der Waals surface area (Å²) in [7, 11) is 0. The van der Waals surface area contributed by atoms with E-state index in [9.17, 15) is 9.59 Å². The molecule has 0 saturated heterocycles. The van der Waals surface area contributed by atoms with Crippen LogP contribution in [0.1, 0.15) is 32.1 Å². The molecule has 0 bridgehead atoms. The molecule has 1 amide bonds. The van der Waals surface area contributed by atoms with E-state index in [0.717, 1.165) is 37.0 Å². The molecule has 1 aliphatic rings. The summed E-state index contributed by atoms with van der Waals surface area (Å²) in [5.41, 5.74) is 0.453. The fourth-order valence-electron chi connectivity index (χ4n) is 2.56. The zero-order valence-corrected chi connectivity index (χ0v) is 15.5. The van der Waals surface area contributed by atoms with Crippen LogP contribution in [0.2, 0.25) is 0 Å². The first-order valence-electron chi connectivity index (χ1n) is 6.94. The number of amides is 1. The third-order valence-corrected chi connectivity index (χ3v) is 6.07. The molecule has 1 N–H and O–H groups in total.